The van der Waals surface area contributed by atoms with E-state index < -0.39 is 18.0 Å². The van der Waals surface area contributed by atoms with Gasteiger partial charge in [0.05, 0.1) is 12.0 Å². The molecule has 0 aliphatic heterocycles. The van der Waals surface area contributed by atoms with E-state index in [1.165, 1.54) is 19.8 Å². The van der Waals surface area contributed by atoms with Crippen molar-refractivity contribution in [3.63, 3.8) is 0 Å². The molecule has 0 saturated heterocycles. The van der Waals surface area contributed by atoms with Crippen LogP contribution in [-0.2, 0) is 4.79 Å². The SMILES string of the molecule is CCC1(CNC(=O)NCC(C)(O)CC(=O)O)CCCC1. The first kappa shape index (κ1) is 16.8. The van der Waals surface area contributed by atoms with E-state index >= 15 is 0 Å². The number of aliphatic hydroxyl groups is 1. The van der Waals surface area contributed by atoms with E-state index in [4.69, 9.17) is 5.11 Å². The van der Waals surface area contributed by atoms with Crippen molar-refractivity contribution in [2.24, 2.45) is 5.41 Å². The Morgan fingerprint density at radius 2 is 1.85 bits per heavy atom. The van der Waals surface area contributed by atoms with Gasteiger partial charge in [-0.1, -0.05) is 19.8 Å². The Bertz CT molecular complexity index is 349. The smallest absolute Gasteiger partial charge is 0.314 e. The highest BCUT2D eigenvalue weighted by Crippen LogP contribution is 2.40. The van der Waals surface area contributed by atoms with Crippen LogP contribution in [-0.4, -0.2) is 40.9 Å². The lowest BCUT2D eigenvalue weighted by atomic mass is 9.83. The summed E-state index contributed by atoms with van der Waals surface area (Å²) >= 11 is 0. The van der Waals surface area contributed by atoms with Crippen LogP contribution in [0.2, 0.25) is 0 Å². The van der Waals surface area contributed by atoms with Crippen molar-refractivity contribution in [2.45, 2.75) is 58.0 Å². The molecule has 4 N–H and O–H groups in total. The average Bonchev–Trinajstić information content (AvgIpc) is 2.82. The van der Waals surface area contributed by atoms with Crippen molar-refractivity contribution < 1.29 is 19.8 Å². The van der Waals surface area contributed by atoms with Gasteiger partial charge in [0.1, 0.15) is 0 Å². The minimum absolute atomic E-state index is 0.0791. The molecule has 0 aromatic carbocycles. The number of hydrogen-bond donors (Lipinski definition) is 4. The zero-order valence-electron chi connectivity index (χ0n) is 12.4. The van der Waals surface area contributed by atoms with E-state index in [0.29, 0.717) is 6.54 Å². The molecule has 1 aliphatic carbocycles. The Labute approximate surface area is 119 Å². The van der Waals surface area contributed by atoms with Gasteiger partial charge in [0.15, 0.2) is 0 Å². The molecule has 6 heteroatoms. The van der Waals surface area contributed by atoms with Crippen LogP contribution in [0.25, 0.3) is 0 Å². The number of carboxylic acid groups (broad SMARTS) is 1. The fourth-order valence-corrected chi connectivity index (χ4v) is 2.77. The fraction of sp³-hybridized carbons (Fsp3) is 0.857. The molecule has 0 bridgehead atoms. The minimum Gasteiger partial charge on any atom is -0.481 e. The van der Waals surface area contributed by atoms with E-state index in [2.05, 4.69) is 17.6 Å². The molecule has 0 spiro atoms. The molecule has 0 aromatic rings. The molecule has 1 rings (SSSR count). The highest BCUT2D eigenvalue weighted by atomic mass is 16.4. The van der Waals surface area contributed by atoms with Crippen LogP contribution in [0, 0.1) is 5.41 Å². The number of nitrogens with one attached hydrogen (secondary N) is 2. The molecular weight excluding hydrogens is 260 g/mol. The molecule has 0 heterocycles. The quantitative estimate of drug-likeness (QED) is 0.569. The van der Waals surface area contributed by atoms with E-state index in [1.54, 1.807) is 0 Å². The number of carbonyl (C=O) groups excluding carboxylic acids is 1. The lowest BCUT2D eigenvalue weighted by Crippen LogP contribution is -2.47. The van der Waals surface area contributed by atoms with E-state index in [1.807, 2.05) is 0 Å². The van der Waals surface area contributed by atoms with Gasteiger partial charge in [-0.25, -0.2) is 4.79 Å². The second-order valence-electron chi connectivity index (χ2n) is 6.16. The second kappa shape index (κ2) is 6.92. The van der Waals surface area contributed by atoms with E-state index in [0.717, 1.165) is 19.3 Å². The standard InChI is InChI=1S/C14H26N2O4/c1-3-14(6-4-5-7-14)10-16-12(19)15-9-13(2,20)8-11(17)18/h20H,3-10H2,1-2H3,(H,17,18)(H2,15,16,19). The third-order valence-corrected chi connectivity index (χ3v) is 4.20. The molecule has 1 aliphatic rings. The van der Waals surface area contributed by atoms with Gasteiger partial charge in [0.2, 0.25) is 0 Å². The number of carboxylic acids is 1. The Morgan fingerprint density at radius 1 is 1.25 bits per heavy atom. The molecule has 0 aromatic heterocycles. The average molecular weight is 286 g/mol. The predicted octanol–water partition coefficient (Wildman–Crippen LogP) is 1.48. The fourth-order valence-electron chi connectivity index (χ4n) is 2.77. The van der Waals surface area contributed by atoms with Crippen LogP contribution < -0.4 is 10.6 Å². The first-order valence-corrected chi connectivity index (χ1v) is 7.24. The van der Waals surface area contributed by atoms with Crippen LogP contribution in [0.1, 0.15) is 52.4 Å². The Balaban J connectivity index is 2.31. The van der Waals surface area contributed by atoms with Crippen molar-refractivity contribution in [1.82, 2.24) is 10.6 Å². The molecule has 2 amide bonds. The highest BCUT2D eigenvalue weighted by molar-refractivity contribution is 5.74. The van der Waals surface area contributed by atoms with Gasteiger partial charge in [0, 0.05) is 13.1 Å². The summed E-state index contributed by atoms with van der Waals surface area (Å²) in [4.78, 5) is 22.3. The van der Waals surface area contributed by atoms with Crippen molar-refractivity contribution in [2.75, 3.05) is 13.1 Å². The van der Waals surface area contributed by atoms with Crippen LogP contribution in [0.5, 0.6) is 0 Å². The summed E-state index contributed by atoms with van der Waals surface area (Å²) in [5.41, 5.74) is -1.22. The number of urea groups is 1. The van der Waals surface area contributed by atoms with Crippen LogP contribution in [0.3, 0.4) is 0 Å². The molecule has 20 heavy (non-hydrogen) atoms. The van der Waals surface area contributed by atoms with Gasteiger partial charge in [0.25, 0.3) is 0 Å². The summed E-state index contributed by atoms with van der Waals surface area (Å²) < 4.78 is 0. The van der Waals surface area contributed by atoms with Gasteiger partial charge in [-0.3, -0.25) is 4.79 Å². The lowest BCUT2D eigenvalue weighted by Gasteiger charge is -2.28. The minimum atomic E-state index is -1.43. The monoisotopic (exact) mass is 286 g/mol. The number of hydrogen-bond acceptors (Lipinski definition) is 3. The third-order valence-electron chi connectivity index (χ3n) is 4.20. The van der Waals surface area contributed by atoms with Crippen LogP contribution >= 0.6 is 0 Å². The van der Waals surface area contributed by atoms with Crippen molar-refractivity contribution in [1.29, 1.82) is 0 Å². The van der Waals surface area contributed by atoms with E-state index in [-0.39, 0.29) is 18.0 Å². The van der Waals surface area contributed by atoms with Gasteiger partial charge >= 0.3 is 12.0 Å². The first-order valence-electron chi connectivity index (χ1n) is 7.24. The molecule has 6 nitrogen and oxygen atoms in total. The molecule has 116 valence electrons. The topological polar surface area (TPSA) is 98.7 Å². The number of rotatable bonds is 7. The highest BCUT2D eigenvalue weighted by Gasteiger charge is 2.32. The molecule has 0 radical (unpaired) electrons. The largest absolute Gasteiger partial charge is 0.481 e. The number of aliphatic carboxylic acids is 1. The summed E-state index contributed by atoms with van der Waals surface area (Å²) in [5.74, 6) is -1.09. The number of amides is 2. The first-order chi connectivity index (χ1) is 9.29. The van der Waals surface area contributed by atoms with E-state index in [9.17, 15) is 14.7 Å². The molecule has 1 atom stereocenters. The van der Waals surface area contributed by atoms with Crippen LogP contribution in [0.4, 0.5) is 4.79 Å². The maximum atomic E-state index is 11.7. The zero-order chi connectivity index (χ0) is 15.2. The van der Waals surface area contributed by atoms with Gasteiger partial charge in [-0.15, -0.1) is 0 Å². The summed E-state index contributed by atoms with van der Waals surface area (Å²) in [5, 5.41) is 23.8. The van der Waals surface area contributed by atoms with Crippen LogP contribution in [0.15, 0.2) is 0 Å². The summed E-state index contributed by atoms with van der Waals surface area (Å²) in [6.07, 6.45) is 5.35. The summed E-state index contributed by atoms with van der Waals surface area (Å²) in [6.45, 7) is 4.09. The maximum Gasteiger partial charge on any atom is 0.314 e. The maximum absolute atomic E-state index is 11.7. The molecular formula is C14H26N2O4. The third kappa shape index (κ3) is 5.36. The lowest BCUT2D eigenvalue weighted by molar-refractivity contribution is -0.141. The van der Waals surface area contributed by atoms with Crippen molar-refractivity contribution in [3.8, 4) is 0 Å². The number of carbonyl (C=O) groups is 2. The summed E-state index contributed by atoms with van der Waals surface area (Å²) in [7, 11) is 0. The summed E-state index contributed by atoms with van der Waals surface area (Å²) in [6, 6.07) is -0.351. The molecule has 1 unspecified atom stereocenters. The predicted molar refractivity (Wildman–Crippen MR) is 75.5 cm³/mol. The van der Waals surface area contributed by atoms with Crippen molar-refractivity contribution in [3.05, 3.63) is 0 Å². The normalized spacial score (nSPS) is 20.1. The molecule has 1 fully saturated rings. The zero-order valence-corrected chi connectivity index (χ0v) is 12.4. The second-order valence-corrected chi connectivity index (χ2v) is 6.16. The van der Waals surface area contributed by atoms with Crippen molar-refractivity contribution >= 4 is 12.0 Å². The Kier molecular flexibility index (Phi) is 5.80. The van der Waals surface area contributed by atoms with Gasteiger partial charge in [-0.05, 0) is 31.6 Å². The Hall–Kier alpha value is -1.30. The van der Waals surface area contributed by atoms with Gasteiger partial charge in [-0.2, -0.15) is 0 Å². The molecule has 1 saturated carbocycles. The Morgan fingerprint density at radius 3 is 2.35 bits per heavy atom. The van der Waals surface area contributed by atoms with Gasteiger partial charge < -0.3 is 20.8 Å².